The molecule has 1 aromatic rings. The Morgan fingerprint density at radius 1 is 1.21 bits per heavy atom. The van der Waals surface area contributed by atoms with Gasteiger partial charge in [-0.2, -0.15) is 0 Å². The SMILES string of the molecule is CC(C)C(CNC1CCc2ccccc2C1)N(C)C. The standard InChI is InChI=1S/C17H28N2/c1-13(2)17(19(3)4)12-18-16-10-9-14-7-5-6-8-15(14)11-16/h5-8,13,16-18H,9-12H2,1-4H3. The Balaban J connectivity index is 1.88. The quantitative estimate of drug-likeness (QED) is 0.876. The molecule has 0 spiro atoms. The van der Waals surface area contributed by atoms with Crippen LogP contribution in [0.4, 0.5) is 0 Å². The summed E-state index contributed by atoms with van der Waals surface area (Å²) in [7, 11) is 4.37. The van der Waals surface area contributed by atoms with E-state index in [4.69, 9.17) is 0 Å². The van der Waals surface area contributed by atoms with E-state index in [0.29, 0.717) is 18.0 Å². The molecule has 0 amide bonds. The van der Waals surface area contributed by atoms with Gasteiger partial charge >= 0.3 is 0 Å². The van der Waals surface area contributed by atoms with E-state index in [0.717, 1.165) is 6.54 Å². The second-order valence-corrected chi connectivity index (χ2v) is 6.39. The lowest BCUT2D eigenvalue weighted by molar-refractivity contribution is 0.216. The molecule has 106 valence electrons. The van der Waals surface area contributed by atoms with E-state index in [9.17, 15) is 0 Å². The molecule has 19 heavy (non-hydrogen) atoms. The summed E-state index contributed by atoms with van der Waals surface area (Å²) in [4.78, 5) is 2.34. The normalized spacial score (nSPS) is 20.6. The van der Waals surface area contributed by atoms with Gasteiger partial charge < -0.3 is 10.2 Å². The number of benzene rings is 1. The van der Waals surface area contributed by atoms with Crippen LogP contribution in [-0.2, 0) is 12.8 Å². The first kappa shape index (κ1) is 14.5. The highest BCUT2D eigenvalue weighted by molar-refractivity contribution is 5.30. The molecule has 1 aromatic carbocycles. The van der Waals surface area contributed by atoms with Gasteiger partial charge in [0.1, 0.15) is 0 Å². The molecule has 0 bridgehead atoms. The van der Waals surface area contributed by atoms with Gasteiger partial charge in [0.15, 0.2) is 0 Å². The van der Waals surface area contributed by atoms with Crippen molar-refractivity contribution in [2.45, 2.75) is 45.2 Å². The molecule has 0 aromatic heterocycles. The zero-order chi connectivity index (χ0) is 13.8. The second-order valence-electron chi connectivity index (χ2n) is 6.39. The van der Waals surface area contributed by atoms with E-state index in [1.165, 1.54) is 24.8 Å². The highest BCUT2D eigenvalue weighted by Crippen LogP contribution is 2.21. The molecule has 2 rings (SSSR count). The monoisotopic (exact) mass is 260 g/mol. The second kappa shape index (κ2) is 6.53. The van der Waals surface area contributed by atoms with Crippen LogP contribution >= 0.6 is 0 Å². The van der Waals surface area contributed by atoms with Crippen molar-refractivity contribution in [3.63, 3.8) is 0 Å². The van der Waals surface area contributed by atoms with E-state index in [2.05, 4.69) is 62.4 Å². The summed E-state index contributed by atoms with van der Waals surface area (Å²) in [5, 5.41) is 3.78. The first-order chi connectivity index (χ1) is 9.08. The number of rotatable bonds is 5. The molecule has 1 aliphatic rings. The number of nitrogens with one attached hydrogen (secondary N) is 1. The lowest BCUT2D eigenvalue weighted by atomic mass is 9.88. The zero-order valence-electron chi connectivity index (χ0n) is 12.8. The van der Waals surface area contributed by atoms with E-state index in [1.54, 1.807) is 5.56 Å². The van der Waals surface area contributed by atoms with Crippen molar-refractivity contribution in [2.24, 2.45) is 5.92 Å². The van der Waals surface area contributed by atoms with Crippen molar-refractivity contribution in [3.8, 4) is 0 Å². The summed E-state index contributed by atoms with van der Waals surface area (Å²) in [6.07, 6.45) is 3.69. The summed E-state index contributed by atoms with van der Waals surface area (Å²) >= 11 is 0. The molecule has 0 fully saturated rings. The van der Waals surface area contributed by atoms with E-state index in [-0.39, 0.29) is 0 Å². The van der Waals surface area contributed by atoms with Gasteiger partial charge in [-0.3, -0.25) is 0 Å². The third-order valence-electron chi connectivity index (χ3n) is 4.40. The predicted molar refractivity (Wildman–Crippen MR) is 82.6 cm³/mol. The molecule has 2 heteroatoms. The van der Waals surface area contributed by atoms with Crippen molar-refractivity contribution < 1.29 is 0 Å². The van der Waals surface area contributed by atoms with Crippen molar-refractivity contribution in [3.05, 3.63) is 35.4 Å². The van der Waals surface area contributed by atoms with Gasteiger partial charge in [0, 0.05) is 18.6 Å². The average Bonchev–Trinajstić information content (AvgIpc) is 2.38. The molecule has 2 atom stereocenters. The number of nitrogens with zero attached hydrogens (tertiary/aromatic N) is 1. The van der Waals surface area contributed by atoms with Crippen LogP contribution in [0.25, 0.3) is 0 Å². The van der Waals surface area contributed by atoms with Gasteiger partial charge in [-0.05, 0) is 50.4 Å². The minimum absolute atomic E-state index is 0.622. The Labute approximate surface area is 118 Å². The summed E-state index contributed by atoms with van der Waals surface area (Å²) in [5.41, 5.74) is 3.09. The minimum atomic E-state index is 0.622. The molecule has 0 radical (unpaired) electrons. The third-order valence-corrected chi connectivity index (χ3v) is 4.40. The fraction of sp³-hybridized carbons (Fsp3) is 0.647. The van der Waals surface area contributed by atoms with E-state index < -0.39 is 0 Å². The number of aryl methyl sites for hydroxylation is 1. The Hall–Kier alpha value is -0.860. The molecule has 2 unspecified atom stereocenters. The molecule has 1 N–H and O–H groups in total. The van der Waals surface area contributed by atoms with E-state index in [1.807, 2.05) is 0 Å². The smallest absolute Gasteiger partial charge is 0.0237 e. The summed E-state index contributed by atoms with van der Waals surface area (Å²) in [6.45, 7) is 5.71. The Morgan fingerprint density at radius 3 is 2.53 bits per heavy atom. The molecule has 1 aliphatic carbocycles. The maximum Gasteiger partial charge on any atom is 0.0237 e. The molecular weight excluding hydrogens is 232 g/mol. The maximum absolute atomic E-state index is 3.78. The van der Waals surface area contributed by atoms with Crippen LogP contribution in [0.15, 0.2) is 24.3 Å². The fourth-order valence-electron chi connectivity index (χ4n) is 3.17. The number of hydrogen-bond donors (Lipinski definition) is 1. The van der Waals surface area contributed by atoms with Crippen LogP contribution in [0.5, 0.6) is 0 Å². The van der Waals surface area contributed by atoms with Crippen molar-refractivity contribution >= 4 is 0 Å². The minimum Gasteiger partial charge on any atom is -0.312 e. The Bertz CT molecular complexity index is 390. The number of hydrogen-bond acceptors (Lipinski definition) is 2. The molecular formula is C17H28N2. The molecule has 0 heterocycles. The van der Waals surface area contributed by atoms with Gasteiger partial charge in [0.2, 0.25) is 0 Å². The topological polar surface area (TPSA) is 15.3 Å². The summed E-state index contributed by atoms with van der Waals surface area (Å²) in [6, 6.07) is 10.2. The van der Waals surface area contributed by atoms with Gasteiger partial charge in [0.05, 0.1) is 0 Å². The number of likely N-dealkylation sites (N-methyl/N-ethyl adjacent to an activating group) is 1. The Kier molecular flexibility index (Phi) is 5.00. The largest absolute Gasteiger partial charge is 0.312 e. The first-order valence-electron chi connectivity index (χ1n) is 7.54. The third kappa shape index (κ3) is 3.80. The Morgan fingerprint density at radius 2 is 1.89 bits per heavy atom. The molecule has 2 nitrogen and oxygen atoms in total. The highest BCUT2D eigenvalue weighted by atomic mass is 15.1. The van der Waals surface area contributed by atoms with Gasteiger partial charge in [-0.15, -0.1) is 0 Å². The molecule has 0 saturated carbocycles. The van der Waals surface area contributed by atoms with Gasteiger partial charge in [-0.25, -0.2) is 0 Å². The van der Waals surface area contributed by atoms with Crippen molar-refractivity contribution in [1.82, 2.24) is 10.2 Å². The zero-order valence-corrected chi connectivity index (χ0v) is 12.8. The van der Waals surface area contributed by atoms with Crippen LogP contribution in [0.1, 0.15) is 31.4 Å². The van der Waals surface area contributed by atoms with Crippen molar-refractivity contribution in [1.29, 1.82) is 0 Å². The maximum atomic E-state index is 3.78. The number of fused-ring (bicyclic) bond motifs is 1. The van der Waals surface area contributed by atoms with Crippen LogP contribution < -0.4 is 5.32 Å². The average molecular weight is 260 g/mol. The summed E-state index contributed by atoms with van der Waals surface area (Å²) in [5.74, 6) is 0.693. The highest BCUT2D eigenvalue weighted by Gasteiger charge is 2.21. The van der Waals surface area contributed by atoms with Crippen LogP contribution in [-0.4, -0.2) is 37.6 Å². The fourth-order valence-corrected chi connectivity index (χ4v) is 3.17. The van der Waals surface area contributed by atoms with E-state index >= 15 is 0 Å². The predicted octanol–water partition coefficient (Wildman–Crippen LogP) is 2.72. The lowest BCUT2D eigenvalue weighted by Gasteiger charge is -2.32. The van der Waals surface area contributed by atoms with Gasteiger partial charge in [0.25, 0.3) is 0 Å². The molecule has 0 saturated heterocycles. The molecule has 0 aliphatic heterocycles. The van der Waals surface area contributed by atoms with Crippen LogP contribution in [0, 0.1) is 5.92 Å². The van der Waals surface area contributed by atoms with Crippen LogP contribution in [0.2, 0.25) is 0 Å². The first-order valence-corrected chi connectivity index (χ1v) is 7.54. The van der Waals surface area contributed by atoms with Crippen molar-refractivity contribution in [2.75, 3.05) is 20.6 Å². The summed E-state index contributed by atoms with van der Waals surface area (Å²) < 4.78 is 0. The van der Waals surface area contributed by atoms with Gasteiger partial charge in [-0.1, -0.05) is 38.1 Å². The lowest BCUT2D eigenvalue weighted by Crippen LogP contribution is -2.46. The van der Waals surface area contributed by atoms with Crippen LogP contribution in [0.3, 0.4) is 0 Å².